The number of amidine groups is 1. The Kier molecular flexibility index (Phi) is 10.6. The lowest BCUT2D eigenvalue weighted by molar-refractivity contribution is -0.274. The number of carbonyl (C=O) groups excluding carboxylic acids is 2. The Balaban J connectivity index is 1.12. The van der Waals surface area contributed by atoms with Crippen molar-refractivity contribution in [2.75, 3.05) is 17.2 Å². The molecule has 47 heavy (non-hydrogen) atoms. The molecule has 3 amide bonds. The normalized spacial score (nSPS) is 14.9. The predicted octanol–water partition coefficient (Wildman–Crippen LogP) is 7.51. The Morgan fingerprint density at radius 1 is 1.11 bits per heavy atom. The van der Waals surface area contributed by atoms with Crippen LogP contribution in [-0.4, -0.2) is 50.5 Å². The smallest absolute Gasteiger partial charge is 0.406 e. The Bertz CT molecular complexity index is 1740. The average Bonchev–Trinajstić information content (AvgIpc) is 3.65. The van der Waals surface area contributed by atoms with Crippen LogP contribution in [0, 0.1) is 12.8 Å². The van der Waals surface area contributed by atoms with Crippen LogP contribution in [0.15, 0.2) is 78.0 Å². The lowest BCUT2D eigenvalue weighted by Crippen LogP contribution is -2.32. The van der Waals surface area contributed by atoms with E-state index in [2.05, 4.69) is 39.0 Å². The van der Waals surface area contributed by atoms with Crippen molar-refractivity contribution >= 4 is 34.6 Å². The Morgan fingerprint density at radius 3 is 2.55 bits per heavy atom. The molecule has 0 spiro atoms. The van der Waals surface area contributed by atoms with E-state index in [4.69, 9.17) is 0 Å². The quantitative estimate of drug-likeness (QED) is 0.178. The molecule has 9 nitrogen and oxygen atoms in total. The molecule has 1 aromatic heterocycles. The first kappa shape index (κ1) is 33.7. The van der Waals surface area contributed by atoms with Crippen molar-refractivity contribution in [2.45, 2.75) is 52.8 Å². The molecule has 13 heteroatoms. The van der Waals surface area contributed by atoms with E-state index in [1.54, 1.807) is 4.90 Å². The van der Waals surface area contributed by atoms with Gasteiger partial charge in [-0.05, 0) is 79.1 Å². The molecule has 0 radical (unpaired) electrons. The summed E-state index contributed by atoms with van der Waals surface area (Å²) in [5.74, 6) is 0.612. The van der Waals surface area contributed by atoms with E-state index in [1.165, 1.54) is 47.0 Å². The molecule has 1 atom stereocenters. The van der Waals surface area contributed by atoms with Gasteiger partial charge in [-0.15, -0.1) is 18.3 Å². The largest absolute Gasteiger partial charge is 0.573 e. The van der Waals surface area contributed by atoms with Crippen molar-refractivity contribution < 1.29 is 27.5 Å². The lowest BCUT2D eigenvalue weighted by Gasteiger charge is -2.20. The van der Waals surface area contributed by atoms with Crippen LogP contribution in [0.1, 0.15) is 43.4 Å². The van der Waals surface area contributed by atoms with Crippen LogP contribution in [0.25, 0.3) is 17.1 Å². The topological polar surface area (TPSA) is 102 Å². The highest BCUT2D eigenvalue weighted by Gasteiger charge is 2.32. The third kappa shape index (κ3) is 9.00. The summed E-state index contributed by atoms with van der Waals surface area (Å²) in [6, 6.07) is 18.8. The van der Waals surface area contributed by atoms with Crippen molar-refractivity contribution in [3.05, 3.63) is 89.7 Å². The number of halogens is 3. The first-order valence-corrected chi connectivity index (χ1v) is 16.3. The molecule has 1 fully saturated rings. The zero-order valence-electron chi connectivity index (χ0n) is 26.3. The van der Waals surface area contributed by atoms with Crippen LogP contribution in [0.2, 0.25) is 0 Å². The number of ether oxygens (including phenoxy) is 1. The highest BCUT2D eigenvalue weighted by atomic mass is 32.2. The van der Waals surface area contributed by atoms with Crippen molar-refractivity contribution in [1.82, 2.24) is 20.1 Å². The van der Waals surface area contributed by atoms with Gasteiger partial charge in [-0.3, -0.25) is 9.69 Å². The lowest BCUT2D eigenvalue weighted by atomic mass is 9.97. The second kappa shape index (κ2) is 14.8. The van der Waals surface area contributed by atoms with Crippen LogP contribution in [0.4, 0.5) is 23.7 Å². The molecule has 246 valence electrons. The van der Waals surface area contributed by atoms with Crippen LogP contribution in [0.3, 0.4) is 0 Å². The summed E-state index contributed by atoms with van der Waals surface area (Å²) in [6.45, 7) is 6.63. The molecule has 1 saturated heterocycles. The third-order valence-corrected chi connectivity index (χ3v) is 8.42. The van der Waals surface area contributed by atoms with Crippen molar-refractivity contribution in [1.29, 1.82) is 0 Å². The number of aryl methyl sites for hydroxylation is 2. The van der Waals surface area contributed by atoms with Gasteiger partial charge >= 0.3 is 12.4 Å². The molecular weight excluding hydrogens is 629 g/mol. The Hall–Kier alpha value is -4.65. The average molecular weight is 665 g/mol. The number of aromatic nitrogens is 3. The summed E-state index contributed by atoms with van der Waals surface area (Å²) in [7, 11) is 0. The van der Waals surface area contributed by atoms with Gasteiger partial charge in [-0.25, -0.2) is 14.5 Å². The molecule has 0 aliphatic carbocycles. The van der Waals surface area contributed by atoms with Gasteiger partial charge in [-0.2, -0.15) is 4.99 Å². The standard InChI is InChI=1S/C34H35F3N6O3S/c1-4-5-25-9-6-22(2)19-29(25)43-30(44)20-47-33(43)40-32(45)38-17-16-23(3)18-24-7-10-26(11-8-24)31-39-21-42(41-31)27-12-14-28(15-13-27)46-34(35,36)37/h6-15,19,21,23H,4-5,16-18,20H2,1-3H3,(H,38,45)/b40-33-. The summed E-state index contributed by atoms with van der Waals surface area (Å²) in [5.41, 5.74) is 5.35. The summed E-state index contributed by atoms with van der Waals surface area (Å²) >= 11 is 1.27. The zero-order valence-corrected chi connectivity index (χ0v) is 27.1. The molecule has 0 saturated carbocycles. The second-order valence-electron chi connectivity index (χ2n) is 11.4. The Morgan fingerprint density at radius 2 is 1.85 bits per heavy atom. The van der Waals surface area contributed by atoms with Crippen LogP contribution in [-0.2, 0) is 17.6 Å². The Labute approximate surface area is 275 Å². The minimum absolute atomic E-state index is 0.0820. The van der Waals surface area contributed by atoms with E-state index < -0.39 is 12.4 Å². The number of alkyl halides is 3. The molecule has 1 aliphatic heterocycles. The summed E-state index contributed by atoms with van der Waals surface area (Å²) in [6.07, 6.45) is 0.0545. The van der Waals surface area contributed by atoms with E-state index in [0.29, 0.717) is 23.2 Å². The number of benzene rings is 3. The van der Waals surface area contributed by atoms with Crippen LogP contribution >= 0.6 is 11.8 Å². The highest BCUT2D eigenvalue weighted by molar-refractivity contribution is 8.15. The van der Waals surface area contributed by atoms with E-state index >= 15 is 0 Å². The molecule has 1 N–H and O–H groups in total. The second-order valence-corrected chi connectivity index (χ2v) is 12.3. The van der Waals surface area contributed by atoms with Crippen molar-refractivity contribution in [2.24, 2.45) is 10.9 Å². The van der Waals surface area contributed by atoms with Gasteiger partial charge in [0.05, 0.1) is 17.1 Å². The number of nitrogens with zero attached hydrogens (tertiary/aromatic N) is 5. The molecule has 4 aromatic rings. The zero-order chi connectivity index (χ0) is 33.6. The number of urea groups is 1. The number of anilines is 1. The van der Waals surface area contributed by atoms with Gasteiger partial charge in [0.2, 0.25) is 5.91 Å². The summed E-state index contributed by atoms with van der Waals surface area (Å²) < 4.78 is 42.7. The molecule has 1 aliphatic rings. The van der Waals surface area contributed by atoms with Gasteiger partial charge < -0.3 is 10.1 Å². The number of amides is 3. The van der Waals surface area contributed by atoms with Crippen LogP contribution < -0.4 is 15.0 Å². The number of hydrogen-bond acceptors (Lipinski definition) is 6. The number of rotatable bonds is 11. The number of thioether (sulfide) groups is 1. The van der Waals surface area contributed by atoms with Gasteiger partial charge in [0.25, 0.3) is 0 Å². The molecule has 5 rings (SSSR count). The molecular formula is C34H35F3N6O3S. The van der Waals surface area contributed by atoms with E-state index in [0.717, 1.165) is 53.6 Å². The van der Waals surface area contributed by atoms with E-state index in [-0.39, 0.29) is 23.3 Å². The fourth-order valence-electron chi connectivity index (χ4n) is 5.21. The minimum atomic E-state index is -4.75. The summed E-state index contributed by atoms with van der Waals surface area (Å²) in [4.78, 5) is 35.6. The monoisotopic (exact) mass is 664 g/mol. The number of hydrogen-bond donors (Lipinski definition) is 1. The maximum atomic E-state index is 12.8. The van der Waals surface area contributed by atoms with Gasteiger partial charge in [0.15, 0.2) is 11.0 Å². The fourth-order valence-corrected chi connectivity index (χ4v) is 6.07. The SMILES string of the molecule is CCCc1ccc(C)cc1N1C(=O)CS/C1=N\C(=O)NCCC(C)Cc1ccc(-c2ncn(-c3ccc(OC(F)(F)F)cc3)n2)cc1. The van der Waals surface area contributed by atoms with Crippen molar-refractivity contribution in [3.63, 3.8) is 0 Å². The van der Waals surface area contributed by atoms with Crippen LogP contribution in [0.5, 0.6) is 5.75 Å². The predicted molar refractivity (Wildman–Crippen MR) is 177 cm³/mol. The molecule has 3 aromatic carbocycles. The first-order chi connectivity index (χ1) is 22.5. The molecule has 0 bridgehead atoms. The number of nitrogens with one attached hydrogen (secondary N) is 1. The van der Waals surface area contributed by atoms with E-state index in [9.17, 15) is 22.8 Å². The highest BCUT2D eigenvalue weighted by Crippen LogP contribution is 2.31. The van der Waals surface area contributed by atoms with Gasteiger partial charge in [0, 0.05) is 12.1 Å². The molecule has 2 heterocycles. The maximum Gasteiger partial charge on any atom is 0.573 e. The summed E-state index contributed by atoms with van der Waals surface area (Å²) in [5, 5.41) is 7.72. The number of aliphatic imine (C=N–C) groups is 1. The van der Waals surface area contributed by atoms with Gasteiger partial charge in [0.1, 0.15) is 12.1 Å². The third-order valence-electron chi connectivity index (χ3n) is 7.50. The van der Waals surface area contributed by atoms with E-state index in [1.807, 2.05) is 49.4 Å². The first-order valence-electron chi connectivity index (χ1n) is 15.3. The van der Waals surface area contributed by atoms with Crippen molar-refractivity contribution in [3.8, 4) is 22.8 Å². The number of carbonyl (C=O) groups is 2. The molecule has 1 unspecified atom stereocenters. The maximum absolute atomic E-state index is 12.8. The minimum Gasteiger partial charge on any atom is -0.406 e. The van der Waals surface area contributed by atoms with Gasteiger partial charge in [-0.1, -0.05) is 68.4 Å². The fraction of sp³-hybridized carbons (Fsp3) is 0.324.